The second-order valence-electron chi connectivity index (χ2n) is 5.62. The highest BCUT2D eigenvalue weighted by Gasteiger charge is 2.12. The van der Waals surface area contributed by atoms with E-state index in [0.29, 0.717) is 0 Å². The smallest absolute Gasteiger partial charge is 0.118 e. The maximum absolute atomic E-state index is 5.90. The largest absolute Gasteiger partial charge is 0.465 e. The van der Waals surface area contributed by atoms with Gasteiger partial charge in [-0.2, -0.15) is 0 Å². The molecule has 0 unspecified atom stereocenters. The third kappa shape index (κ3) is 4.66. The van der Waals surface area contributed by atoms with Gasteiger partial charge in [0.15, 0.2) is 0 Å². The molecule has 3 heteroatoms. The van der Waals surface area contributed by atoms with Gasteiger partial charge in [0.25, 0.3) is 0 Å². The lowest BCUT2D eigenvalue weighted by Gasteiger charge is -2.23. The SMILES string of the molecule is CCNCc1cc(CN2CCCCCCC2)oc1C. The summed E-state index contributed by atoms with van der Waals surface area (Å²) >= 11 is 0. The molecule has 1 fully saturated rings. The molecule has 0 aliphatic carbocycles. The van der Waals surface area contributed by atoms with Crippen molar-refractivity contribution >= 4 is 0 Å². The molecule has 1 aromatic heterocycles. The molecule has 1 N–H and O–H groups in total. The van der Waals surface area contributed by atoms with Gasteiger partial charge in [-0.1, -0.05) is 26.2 Å². The molecule has 108 valence electrons. The van der Waals surface area contributed by atoms with Gasteiger partial charge in [-0.15, -0.1) is 0 Å². The molecule has 0 aromatic carbocycles. The second-order valence-corrected chi connectivity index (χ2v) is 5.62. The molecular formula is C16H28N2O. The van der Waals surface area contributed by atoms with Gasteiger partial charge in [-0.25, -0.2) is 0 Å². The Labute approximate surface area is 117 Å². The van der Waals surface area contributed by atoms with Crippen molar-refractivity contribution in [2.24, 2.45) is 0 Å². The third-order valence-electron chi connectivity index (χ3n) is 3.97. The van der Waals surface area contributed by atoms with Crippen LogP contribution in [0.5, 0.6) is 0 Å². The normalized spacial score (nSPS) is 18.2. The zero-order valence-electron chi connectivity index (χ0n) is 12.5. The van der Waals surface area contributed by atoms with E-state index in [4.69, 9.17) is 4.42 Å². The fourth-order valence-corrected chi connectivity index (χ4v) is 2.79. The Hall–Kier alpha value is -0.800. The van der Waals surface area contributed by atoms with Crippen LogP contribution < -0.4 is 5.32 Å². The van der Waals surface area contributed by atoms with E-state index in [2.05, 4.69) is 30.1 Å². The number of hydrogen-bond acceptors (Lipinski definition) is 3. The molecule has 0 spiro atoms. The van der Waals surface area contributed by atoms with Crippen LogP contribution in [0.25, 0.3) is 0 Å². The summed E-state index contributed by atoms with van der Waals surface area (Å²) in [6.45, 7) is 9.57. The molecule has 0 amide bonds. The van der Waals surface area contributed by atoms with E-state index in [-0.39, 0.29) is 0 Å². The summed E-state index contributed by atoms with van der Waals surface area (Å²) < 4.78 is 5.90. The maximum Gasteiger partial charge on any atom is 0.118 e. The standard InChI is InChI=1S/C16H28N2O/c1-3-17-12-15-11-16(19-14(15)2)13-18-9-7-5-4-6-8-10-18/h11,17H,3-10,12-13H2,1-2H3. The van der Waals surface area contributed by atoms with Gasteiger partial charge in [0, 0.05) is 12.1 Å². The number of rotatable bonds is 5. The molecular weight excluding hydrogens is 236 g/mol. The minimum atomic E-state index is 0.922. The van der Waals surface area contributed by atoms with E-state index >= 15 is 0 Å². The molecule has 0 radical (unpaired) electrons. The zero-order valence-corrected chi connectivity index (χ0v) is 12.5. The molecule has 1 aliphatic heterocycles. The fraction of sp³-hybridized carbons (Fsp3) is 0.750. The van der Waals surface area contributed by atoms with E-state index in [1.54, 1.807) is 0 Å². The van der Waals surface area contributed by atoms with Gasteiger partial charge >= 0.3 is 0 Å². The summed E-state index contributed by atoms with van der Waals surface area (Å²) in [5, 5.41) is 3.37. The van der Waals surface area contributed by atoms with Crippen LogP contribution in [0.3, 0.4) is 0 Å². The number of furan rings is 1. The molecule has 0 bridgehead atoms. The first kappa shape index (κ1) is 14.6. The molecule has 3 nitrogen and oxygen atoms in total. The first-order valence-corrected chi connectivity index (χ1v) is 7.81. The first-order chi connectivity index (χ1) is 9.29. The predicted molar refractivity (Wildman–Crippen MR) is 79.2 cm³/mol. The molecule has 1 aromatic rings. The lowest BCUT2D eigenvalue weighted by atomic mass is 10.1. The van der Waals surface area contributed by atoms with Gasteiger partial charge in [0.05, 0.1) is 6.54 Å². The van der Waals surface area contributed by atoms with Gasteiger partial charge in [-0.05, 0) is 45.5 Å². The fourth-order valence-electron chi connectivity index (χ4n) is 2.79. The quantitative estimate of drug-likeness (QED) is 0.883. The minimum Gasteiger partial charge on any atom is -0.465 e. The van der Waals surface area contributed by atoms with Crippen molar-refractivity contribution in [1.82, 2.24) is 10.2 Å². The van der Waals surface area contributed by atoms with E-state index in [0.717, 1.165) is 31.2 Å². The average Bonchev–Trinajstić information content (AvgIpc) is 2.70. The molecule has 1 aliphatic rings. The topological polar surface area (TPSA) is 28.4 Å². The molecule has 0 saturated carbocycles. The molecule has 1 saturated heterocycles. The number of nitrogens with zero attached hydrogens (tertiary/aromatic N) is 1. The Morgan fingerprint density at radius 2 is 1.84 bits per heavy atom. The summed E-state index contributed by atoms with van der Waals surface area (Å²) in [6, 6.07) is 2.23. The number of nitrogens with one attached hydrogen (secondary N) is 1. The molecule has 0 atom stereocenters. The Bertz CT molecular complexity index is 365. The van der Waals surface area contributed by atoms with Crippen LogP contribution in [0.15, 0.2) is 10.5 Å². The van der Waals surface area contributed by atoms with Crippen LogP contribution in [-0.4, -0.2) is 24.5 Å². The summed E-state index contributed by atoms with van der Waals surface area (Å²) in [5.41, 5.74) is 1.31. The second kappa shape index (κ2) is 7.71. The van der Waals surface area contributed by atoms with Gasteiger partial charge in [-0.3, -0.25) is 4.90 Å². The summed E-state index contributed by atoms with van der Waals surface area (Å²) in [4.78, 5) is 2.55. The minimum absolute atomic E-state index is 0.922. The van der Waals surface area contributed by atoms with Gasteiger partial charge in [0.2, 0.25) is 0 Å². The Balaban J connectivity index is 1.90. The third-order valence-corrected chi connectivity index (χ3v) is 3.97. The highest BCUT2D eigenvalue weighted by molar-refractivity contribution is 5.20. The Kier molecular flexibility index (Phi) is 5.93. The highest BCUT2D eigenvalue weighted by atomic mass is 16.3. The Morgan fingerprint density at radius 3 is 2.53 bits per heavy atom. The number of hydrogen-bond donors (Lipinski definition) is 1. The van der Waals surface area contributed by atoms with Crippen molar-refractivity contribution in [3.63, 3.8) is 0 Å². The van der Waals surface area contributed by atoms with E-state index in [1.807, 2.05) is 0 Å². The van der Waals surface area contributed by atoms with Crippen molar-refractivity contribution in [3.8, 4) is 0 Å². The summed E-state index contributed by atoms with van der Waals surface area (Å²) in [6.07, 6.45) is 6.87. The molecule has 2 rings (SSSR count). The van der Waals surface area contributed by atoms with Crippen LogP contribution in [0.1, 0.15) is 56.1 Å². The lowest BCUT2D eigenvalue weighted by Crippen LogP contribution is -2.26. The first-order valence-electron chi connectivity index (χ1n) is 7.81. The lowest BCUT2D eigenvalue weighted by molar-refractivity contribution is 0.221. The van der Waals surface area contributed by atoms with Crippen LogP contribution in [-0.2, 0) is 13.1 Å². The van der Waals surface area contributed by atoms with Crippen LogP contribution >= 0.6 is 0 Å². The molecule has 2 heterocycles. The van der Waals surface area contributed by atoms with Crippen LogP contribution in [0.2, 0.25) is 0 Å². The average molecular weight is 264 g/mol. The summed E-state index contributed by atoms with van der Waals surface area (Å²) in [7, 11) is 0. The zero-order chi connectivity index (χ0) is 13.5. The van der Waals surface area contributed by atoms with Gasteiger partial charge < -0.3 is 9.73 Å². The Morgan fingerprint density at radius 1 is 1.16 bits per heavy atom. The summed E-state index contributed by atoms with van der Waals surface area (Å²) in [5.74, 6) is 2.20. The van der Waals surface area contributed by atoms with Crippen LogP contribution in [0.4, 0.5) is 0 Å². The monoisotopic (exact) mass is 264 g/mol. The van der Waals surface area contributed by atoms with Crippen molar-refractivity contribution in [2.75, 3.05) is 19.6 Å². The van der Waals surface area contributed by atoms with Crippen molar-refractivity contribution in [1.29, 1.82) is 0 Å². The highest BCUT2D eigenvalue weighted by Crippen LogP contribution is 2.18. The van der Waals surface area contributed by atoms with Gasteiger partial charge in [0.1, 0.15) is 11.5 Å². The van der Waals surface area contributed by atoms with Crippen molar-refractivity contribution < 1.29 is 4.42 Å². The predicted octanol–water partition coefficient (Wildman–Crippen LogP) is 3.46. The van der Waals surface area contributed by atoms with Crippen LogP contribution in [0, 0.1) is 6.92 Å². The van der Waals surface area contributed by atoms with E-state index < -0.39 is 0 Å². The van der Waals surface area contributed by atoms with E-state index in [1.165, 1.54) is 50.8 Å². The van der Waals surface area contributed by atoms with Crippen molar-refractivity contribution in [3.05, 3.63) is 23.2 Å². The van der Waals surface area contributed by atoms with Crippen molar-refractivity contribution in [2.45, 2.75) is 59.0 Å². The molecule has 19 heavy (non-hydrogen) atoms. The number of likely N-dealkylation sites (tertiary alicyclic amines) is 1. The van der Waals surface area contributed by atoms with E-state index in [9.17, 15) is 0 Å². The number of aryl methyl sites for hydroxylation is 1. The maximum atomic E-state index is 5.90.